The minimum Gasteiger partial charge on any atom is -0.306 e. The van der Waals surface area contributed by atoms with Crippen LogP contribution in [0.15, 0.2) is 60.8 Å². The van der Waals surface area contributed by atoms with Gasteiger partial charge in [0, 0.05) is 24.2 Å². The number of hydrogen-bond acceptors (Lipinski definition) is 2. The molecule has 0 amide bonds. The van der Waals surface area contributed by atoms with Crippen molar-refractivity contribution in [3.05, 3.63) is 77.7 Å². The van der Waals surface area contributed by atoms with Gasteiger partial charge in [-0.1, -0.05) is 24.3 Å². The van der Waals surface area contributed by atoms with E-state index in [1.165, 1.54) is 11.6 Å². The van der Waals surface area contributed by atoms with Crippen LogP contribution in [0, 0.1) is 5.82 Å². The van der Waals surface area contributed by atoms with Gasteiger partial charge in [-0.2, -0.15) is 0 Å². The number of nitrogens with one attached hydrogen (secondary N) is 1. The molecule has 3 heteroatoms. The van der Waals surface area contributed by atoms with Crippen molar-refractivity contribution in [2.45, 2.75) is 19.5 Å². The highest BCUT2D eigenvalue weighted by atomic mass is 19.1. The van der Waals surface area contributed by atoms with Crippen LogP contribution >= 0.6 is 0 Å². The number of hydrogen-bond donors (Lipinski definition) is 1. The van der Waals surface area contributed by atoms with Crippen molar-refractivity contribution in [2.75, 3.05) is 0 Å². The molecule has 0 spiro atoms. The molecule has 21 heavy (non-hydrogen) atoms. The summed E-state index contributed by atoms with van der Waals surface area (Å²) in [5.74, 6) is -0.196. The van der Waals surface area contributed by atoms with Gasteiger partial charge in [0.05, 0.1) is 5.52 Å². The summed E-state index contributed by atoms with van der Waals surface area (Å²) in [5, 5.41) is 4.55. The Bertz CT molecular complexity index is 755. The van der Waals surface area contributed by atoms with Crippen LogP contribution in [0.1, 0.15) is 24.1 Å². The quantitative estimate of drug-likeness (QED) is 0.773. The minimum absolute atomic E-state index is 0.102. The van der Waals surface area contributed by atoms with E-state index in [2.05, 4.69) is 28.5 Å². The number of nitrogens with zero attached hydrogens (tertiary/aromatic N) is 1. The summed E-state index contributed by atoms with van der Waals surface area (Å²) in [4.78, 5) is 4.31. The standard InChI is InChI=1S/C18H17FN2/c1-13(15-4-2-6-17(19)11-15)21-12-14-7-8-18-16(10-14)5-3-9-20-18/h2-11,13,21H,12H2,1H3/t13-/m0/s1. The number of fused-ring (bicyclic) bond motifs is 1. The van der Waals surface area contributed by atoms with Gasteiger partial charge in [-0.25, -0.2) is 4.39 Å². The van der Waals surface area contributed by atoms with Crippen molar-refractivity contribution in [2.24, 2.45) is 0 Å². The Morgan fingerprint density at radius 1 is 1.10 bits per heavy atom. The van der Waals surface area contributed by atoms with Crippen molar-refractivity contribution in [1.29, 1.82) is 0 Å². The van der Waals surface area contributed by atoms with Gasteiger partial charge in [-0.05, 0) is 48.4 Å². The van der Waals surface area contributed by atoms with Gasteiger partial charge in [0.25, 0.3) is 0 Å². The lowest BCUT2D eigenvalue weighted by molar-refractivity contribution is 0.565. The maximum absolute atomic E-state index is 13.2. The van der Waals surface area contributed by atoms with Crippen LogP contribution in [-0.4, -0.2) is 4.98 Å². The summed E-state index contributed by atoms with van der Waals surface area (Å²) in [7, 11) is 0. The van der Waals surface area contributed by atoms with E-state index in [1.54, 1.807) is 18.3 Å². The van der Waals surface area contributed by atoms with Crippen LogP contribution in [0.2, 0.25) is 0 Å². The second kappa shape index (κ2) is 6.02. The van der Waals surface area contributed by atoms with E-state index in [0.717, 1.165) is 23.0 Å². The first-order valence-electron chi connectivity index (χ1n) is 7.05. The molecule has 1 atom stereocenters. The van der Waals surface area contributed by atoms with Crippen LogP contribution in [-0.2, 0) is 6.54 Å². The fourth-order valence-electron chi connectivity index (χ4n) is 2.40. The third kappa shape index (κ3) is 3.26. The lowest BCUT2D eigenvalue weighted by atomic mass is 10.1. The van der Waals surface area contributed by atoms with Gasteiger partial charge in [0.1, 0.15) is 5.82 Å². The Hall–Kier alpha value is -2.26. The normalized spacial score (nSPS) is 12.5. The summed E-state index contributed by atoms with van der Waals surface area (Å²) >= 11 is 0. The van der Waals surface area contributed by atoms with E-state index in [4.69, 9.17) is 0 Å². The summed E-state index contributed by atoms with van der Waals surface area (Å²) in [5.41, 5.74) is 3.15. The number of pyridine rings is 1. The maximum atomic E-state index is 13.2. The van der Waals surface area contributed by atoms with E-state index >= 15 is 0 Å². The topological polar surface area (TPSA) is 24.9 Å². The average Bonchev–Trinajstić information content (AvgIpc) is 2.52. The molecule has 1 heterocycles. The molecule has 3 rings (SSSR count). The number of benzene rings is 2. The predicted molar refractivity (Wildman–Crippen MR) is 83.4 cm³/mol. The summed E-state index contributed by atoms with van der Waals surface area (Å²) in [6, 6.07) is 17.0. The molecule has 0 unspecified atom stereocenters. The Morgan fingerprint density at radius 3 is 2.86 bits per heavy atom. The van der Waals surface area contributed by atoms with Gasteiger partial charge in [-0.3, -0.25) is 4.98 Å². The Morgan fingerprint density at radius 2 is 2.00 bits per heavy atom. The molecule has 2 aromatic carbocycles. The third-order valence-electron chi connectivity index (χ3n) is 3.63. The third-order valence-corrected chi connectivity index (χ3v) is 3.63. The zero-order valence-corrected chi connectivity index (χ0v) is 11.9. The minimum atomic E-state index is -0.196. The fourth-order valence-corrected chi connectivity index (χ4v) is 2.40. The molecule has 0 radical (unpaired) electrons. The fraction of sp³-hybridized carbons (Fsp3) is 0.167. The largest absolute Gasteiger partial charge is 0.306 e. The van der Waals surface area contributed by atoms with Gasteiger partial charge in [-0.15, -0.1) is 0 Å². The highest BCUT2D eigenvalue weighted by Gasteiger charge is 2.06. The lowest BCUT2D eigenvalue weighted by Crippen LogP contribution is -2.18. The molecular weight excluding hydrogens is 263 g/mol. The monoisotopic (exact) mass is 280 g/mol. The summed E-state index contributed by atoms with van der Waals surface area (Å²) in [6.45, 7) is 2.78. The second-order valence-corrected chi connectivity index (χ2v) is 5.19. The molecule has 0 saturated heterocycles. The highest BCUT2D eigenvalue weighted by molar-refractivity contribution is 5.78. The zero-order chi connectivity index (χ0) is 14.7. The van der Waals surface area contributed by atoms with Gasteiger partial charge in [0.15, 0.2) is 0 Å². The van der Waals surface area contributed by atoms with Crippen molar-refractivity contribution >= 4 is 10.9 Å². The van der Waals surface area contributed by atoms with Crippen molar-refractivity contribution in [1.82, 2.24) is 10.3 Å². The molecule has 1 aromatic heterocycles. The smallest absolute Gasteiger partial charge is 0.123 e. The molecule has 3 aromatic rings. The predicted octanol–water partition coefficient (Wildman–Crippen LogP) is 4.22. The number of rotatable bonds is 4. The molecule has 0 fully saturated rings. The van der Waals surface area contributed by atoms with E-state index in [9.17, 15) is 4.39 Å². The first kappa shape index (κ1) is 13.7. The van der Waals surface area contributed by atoms with Crippen molar-refractivity contribution in [3.63, 3.8) is 0 Å². The van der Waals surface area contributed by atoms with Crippen LogP contribution in [0.4, 0.5) is 4.39 Å². The SMILES string of the molecule is C[C@H](NCc1ccc2ncccc2c1)c1cccc(F)c1. The molecule has 1 N–H and O–H groups in total. The Balaban J connectivity index is 1.71. The molecule has 106 valence electrons. The van der Waals surface area contributed by atoms with Crippen molar-refractivity contribution in [3.8, 4) is 0 Å². The van der Waals surface area contributed by atoms with Gasteiger partial charge in [0.2, 0.25) is 0 Å². The number of aromatic nitrogens is 1. The van der Waals surface area contributed by atoms with Crippen LogP contribution in [0.3, 0.4) is 0 Å². The van der Waals surface area contributed by atoms with Gasteiger partial charge < -0.3 is 5.32 Å². The van der Waals surface area contributed by atoms with Crippen molar-refractivity contribution < 1.29 is 4.39 Å². The molecule has 0 saturated carbocycles. The molecule has 0 aliphatic carbocycles. The molecular formula is C18H17FN2. The van der Waals surface area contributed by atoms with Crippen LogP contribution < -0.4 is 5.32 Å². The maximum Gasteiger partial charge on any atom is 0.123 e. The van der Waals surface area contributed by atoms with E-state index in [1.807, 2.05) is 25.1 Å². The lowest BCUT2D eigenvalue weighted by Gasteiger charge is -2.14. The Kier molecular flexibility index (Phi) is 3.93. The summed E-state index contributed by atoms with van der Waals surface area (Å²) in [6.07, 6.45) is 1.80. The Labute approximate surface area is 123 Å². The van der Waals surface area contributed by atoms with Crippen LogP contribution in [0.25, 0.3) is 10.9 Å². The van der Waals surface area contributed by atoms with E-state index in [-0.39, 0.29) is 11.9 Å². The van der Waals surface area contributed by atoms with E-state index in [0.29, 0.717) is 0 Å². The molecule has 2 nitrogen and oxygen atoms in total. The second-order valence-electron chi connectivity index (χ2n) is 5.19. The van der Waals surface area contributed by atoms with Gasteiger partial charge >= 0.3 is 0 Å². The highest BCUT2D eigenvalue weighted by Crippen LogP contribution is 2.16. The first-order chi connectivity index (χ1) is 10.2. The average molecular weight is 280 g/mol. The molecule has 0 aliphatic rings. The number of halogens is 1. The molecule has 0 aliphatic heterocycles. The first-order valence-corrected chi connectivity index (χ1v) is 7.05. The van der Waals surface area contributed by atoms with E-state index < -0.39 is 0 Å². The summed E-state index contributed by atoms with van der Waals surface area (Å²) < 4.78 is 13.2. The van der Waals surface area contributed by atoms with Crippen LogP contribution in [0.5, 0.6) is 0 Å². The zero-order valence-electron chi connectivity index (χ0n) is 11.9. The molecule has 0 bridgehead atoms.